The summed E-state index contributed by atoms with van der Waals surface area (Å²) in [4.78, 5) is 10.9. The second-order valence-electron chi connectivity index (χ2n) is 3.24. The summed E-state index contributed by atoms with van der Waals surface area (Å²) in [6.07, 6.45) is 0. The van der Waals surface area contributed by atoms with Gasteiger partial charge < -0.3 is 0 Å². The Balaban J connectivity index is 2.16. The highest BCUT2D eigenvalue weighted by Gasteiger charge is 2.12. The molecule has 19 heavy (non-hydrogen) atoms. The van der Waals surface area contributed by atoms with Gasteiger partial charge in [-0.3, -0.25) is 10.1 Å². The van der Waals surface area contributed by atoms with Crippen LogP contribution in [0.2, 0.25) is 5.02 Å². The lowest BCUT2D eigenvalue weighted by atomic mass is 10.3. The van der Waals surface area contributed by atoms with Gasteiger partial charge in [-0.1, -0.05) is 53.4 Å². The van der Waals surface area contributed by atoms with Crippen LogP contribution in [0.1, 0.15) is 6.92 Å². The van der Waals surface area contributed by atoms with Crippen molar-refractivity contribution < 1.29 is 4.92 Å². The van der Waals surface area contributed by atoms with Crippen molar-refractivity contribution in [2.45, 2.75) is 20.5 Å². The molecule has 0 amide bonds. The molecule has 0 bridgehead atoms. The van der Waals surface area contributed by atoms with Gasteiger partial charge in [0, 0.05) is 17.0 Å². The summed E-state index contributed by atoms with van der Waals surface area (Å²) in [5, 5.41) is 19.0. The minimum absolute atomic E-state index is 0.0196. The number of nitro groups is 1. The number of aromatic nitrogens is 2. The molecule has 0 saturated carbocycles. The van der Waals surface area contributed by atoms with E-state index in [1.165, 1.54) is 35.2 Å². The second kappa shape index (κ2) is 6.56. The summed E-state index contributed by atoms with van der Waals surface area (Å²) in [6.45, 7) is 2.05. The zero-order valence-electron chi connectivity index (χ0n) is 9.70. The predicted molar refractivity (Wildman–Crippen MR) is 78.5 cm³/mol. The van der Waals surface area contributed by atoms with E-state index in [2.05, 4.69) is 10.2 Å². The van der Waals surface area contributed by atoms with E-state index in [1.807, 2.05) is 6.92 Å². The Hall–Kier alpha value is -0.830. The van der Waals surface area contributed by atoms with Crippen molar-refractivity contribution in [3.8, 4) is 0 Å². The van der Waals surface area contributed by atoms with Gasteiger partial charge in [-0.05, 0) is 11.8 Å². The maximum Gasteiger partial charge on any atom is 0.270 e. The fraction of sp³-hybridized carbons (Fsp3) is 0.200. The van der Waals surface area contributed by atoms with Crippen molar-refractivity contribution in [2.24, 2.45) is 0 Å². The number of nitro benzene ring substituents is 1. The average molecular weight is 334 g/mol. The van der Waals surface area contributed by atoms with Crippen molar-refractivity contribution in [3.63, 3.8) is 0 Å². The number of non-ortho nitro benzene ring substituents is 1. The van der Waals surface area contributed by atoms with Crippen LogP contribution in [-0.4, -0.2) is 20.9 Å². The average Bonchev–Trinajstić information content (AvgIpc) is 2.79. The van der Waals surface area contributed by atoms with Gasteiger partial charge in [0.25, 0.3) is 5.69 Å². The van der Waals surface area contributed by atoms with Crippen molar-refractivity contribution in [3.05, 3.63) is 33.3 Å². The van der Waals surface area contributed by atoms with E-state index in [4.69, 9.17) is 11.6 Å². The quantitative estimate of drug-likeness (QED) is 0.460. The molecule has 0 aliphatic carbocycles. The summed E-state index contributed by atoms with van der Waals surface area (Å²) in [6, 6.07) is 4.39. The van der Waals surface area contributed by atoms with Crippen LogP contribution >= 0.6 is 46.5 Å². The van der Waals surface area contributed by atoms with E-state index < -0.39 is 4.92 Å². The van der Waals surface area contributed by atoms with E-state index in [9.17, 15) is 10.1 Å². The molecule has 0 aliphatic rings. The van der Waals surface area contributed by atoms with Gasteiger partial charge in [-0.25, -0.2) is 0 Å². The standard InChI is InChI=1S/C10H8ClN3O2S3/c1-2-17-9-12-13-10(19-9)18-8-4-3-6(14(15)16)5-7(8)11/h3-5H,2H2,1H3. The molecule has 2 aromatic rings. The number of hydrogen-bond donors (Lipinski definition) is 0. The highest BCUT2D eigenvalue weighted by Crippen LogP contribution is 2.38. The van der Waals surface area contributed by atoms with Gasteiger partial charge in [0.1, 0.15) is 0 Å². The fourth-order valence-corrected chi connectivity index (χ4v) is 4.37. The zero-order valence-corrected chi connectivity index (χ0v) is 12.9. The van der Waals surface area contributed by atoms with Crippen LogP contribution in [-0.2, 0) is 0 Å². The minimum Gasteiger partial charge on any atom is -0.258 e. The third kappa shape index (κ3) is 3.82. The van der Waals surface area contributed by atoms with Gasteiger partial charge in [0.2, 0.25) is 0 Å². The van der Waals surface area contributed by atoms with Gasteiger partial charge in [-0.2, -0.15) is 0 Å². The lowest BCUT2D eigenvalue weighted by Gasteiger charge is -2.00. The molecule has 0 radical (unpaired) electrons. The molecule has 0 N–H and O–H groups in total. The first kappa shape index (κ1) is 14.6. The normalized spacial score (nSPS) is 10.6. The third-order valence-electron chi connectivity index (χ3n) is 1.98. The summed E-state index contributed by atoms with van der Waals surface area (Å²) in [7, 11) is 0. The maximum absolute atomic E-state index is 10.6. The van der Waals surface area contributed by atoms with E-state index in [0.29, 0.717) is 5.02 Å². The Morgan fingerprint density at radius 1 is 1.42 bits per heavy atom. The molecule has 0 atom stereocenters. The first-order valence-corrected chi connectivity index (χ1v) is 8.18. The zero-order chi connectivity index (χ0) is 13.8. The number of rotatable bonds is 5. The van der Waals surface area contributed by atoms with Crippen molar-refractivity contribution >= 4 is 52.1 Å². The summed E-state index contributed by atoms with van der Waals surface area (Å²) >= 11 is 10.5. The van der Waals surface area contributed by atoms with Crippen LogP contribution < -0.4 is 0 Å². The molecule has 0 unspecified atom stereocenters. The van der Waals surface area contributed by atoms with Crippen LogP contribution in [0, 0.1) is 10.1 Å². The SMILES string of the molecule is CCSc1nnc(Sc2ccc([N+](=O)[O-])cc2Cl)s1. The molecule has 0 aliphatic heterocycles. The van der Waals surface area contributed by atoms with E-state index in [0.717, 1.165) is 19.3 Å². The number of hydrogen-bond acceptors (Lipinski definition) is 7. The molecule has 0 spiro atoms. The largest absolute Gasteiger partial charge is 0.270 e. The highest BCUT2D eigenvalue weighted by molar-refractivity contribution is 8.03. The van der Waals surface area contributed by atoms with Crippen LogP contribution in [0.25, 0.3) is 0 Å². The van der Waals surface area contributed by atoms with Crippen molar-refractivity contribution in [2.75, 3.05) is 5.75 Å². The summed E-state index contributed by atoms with van der Waals surface area (Å²) < 4.78 is 1.68. The molecular formula is C10H8ClN3O2S3. The molecule has 0 saturated heterocycles. The number of nitrogens with zero attached hydrogens (tertiary/aromatic N) is 3. The molecule has 5 nitrogen and oxygen atoms in total. The molecule has 100 valence electrons. The molecule has 1 heterocycles. The van der Waals surface area contributed by atoms with Gasteiger partial charge in [0.15, 0.2) is 8.68 Å². The Bertz CT molecular complexity index is 605. The molecular weight excluding hydrogens is 326 g/mol. The Morgan fingerprint density at radius 2 is 2.16 bits per heavy atom. The third-order valence-corrected chi connectivity index (χ3v) is 5.47. The Kier molecular flexibility index (Phi) is 5.03. The van der Waals surface area contributed by atoms with Crippen LogP contribution in [0.4, 0.5) is 5.69 Å². The smallest absolute Gasteiger partial charge is 0.258 e. The number of thioether (sulfide) groups is 1. The van der Waals surface area contributed by atoms with E-state index >= 15 is 0 Å². The highest BCUT2D eigenvalue weighted by atomic mass is 35.5. The molecule has 0 fully saturated rings. The van der Waals surface area contributed by atoms with Gasteiger partial charge >= 0.3 is 0 Å². The van der Waals surface area contributed by atoms with Crippen molar-refractivity contribution in [1.82, 2.24) is 10.2 Å². The predicted octanol–water partition coefficient (Wildman–Crippen LogP) is 4.36. The maximum atomic E-state index is 10.6. The van der Waals surface area contributed by atoms with Crippen LogP contribution in [0.5, 0.6) is 0 Å². The van der Waals surface area contributed by atoms with Crippen LogP contribution in [0.3, 0.4) is 0 Å². The van der Waals surface area contributed by atoms with Crippen molar-refractivity contribution in [1.29, 1.82) is 0 Å². The lowest BCUT2D eigenvalue weighted by molar-refractivity contribution is -0.384. The first-order chi connectivity index (χ1) is 9.10. The summed E-state index contributed by atoms with van der Waals surface area (Å²) in [5.74, 6) is 0.942. The minimum atomic E-state index is -0.471. The fourth-order valence-electron chi connectivity index (χ4n) is 1.20. The first-order valence-electron chi connectivity index (χ1n) is 5.18. The van der Waals surface area contributed by atoms with Gasteiger partial charge in [-0.15, -0.1) is 10.2 Å². The molecule has 2 rings (SSSR count). The van der Waals surface area contributed by atoms with Gasteiger partial charge in [0.05, 0.1) is 9.95 Å². The Morgan fingerprint density at radius 3 is 2.79 bits per heavy atom. The lowest BCUT2D eigenvalue weighted by Crippen LogP contribution is -1.87. The topological polar surface area (TPSA) is 68.9 Å². The monoisotopic (exact) mass is 333 g/mol. The molecule has 1 aromatic carbocycles. The number of benzene rings is 1. The van der Waals surface area contributed by atoms with E-state index in [1.54, 1.807) is 17.8 Å². The summed E-state index contributed by atoms with van der Waals surface area (Å²) in [5.41, 5.74) is -0.0196. The van der Waals surface area contributed by atoms with Crippen LogP contribution in [0.15, 0.2) is 31.8 Å². The molecule has 1 aromatic heterocycles. The Labute approximate surface area is 126 Å². The number of halogens is 1. The second-order valence-corrected chi connectivity index (χ2v) is 7.43. The molecule has 9 heteroatoms. The van der Waals surface area contributed by atoms with E-state index in [-0.39, 0.29) is 5.69 Å².